The first-order chi connectivity index (χ1) is 21.1. The molecule has 2 aromatic carbocycles. The summed E-state index contributed by atoms with van der Waals surface area (Å²) in [7, 11) is 1.93. The summed E-state index contributed by atoms with van der Waals surface area (Å²) in [4.78, 5) is 58.6. The minimum Gasteiger partial charge on any atom is -0.490 e. The molecule has 1 aromatic heterocycles. The van der Waals surface area contributed by atoms with E-state index in [1.54, 1.807) is 43.9 Å². The lowest BCUT2D eigenvalue weighted by molar-refractivity contribution is -0.656. The Hall–Kier alpha value is -4.71. The van der Waals surface area contributed by atoms with Gasteiger partial charge in [-0.2, -0.15) is 0 Å². The van der Waals surface area contributed by atoms with Crippen molar-refractivity contribution in [3.05, 3.63) is 65.9 Å². The molecule has 0 spiro atoms. The van der Waals surface area contributed by atoms with Crippen molar-refractivity contribution < 1.29 is 42.8 Å². The maximum atomic E-state index is 13.1. The molecule has 12 heteroatoms. The van der Waals surface area contributed by atoms with Gasteiger partial charge in [-0.1, -0.05) is 12.1 Å². The summed E-state index contributed by atoms with van der Waals surface area (Å²) in [5, 5.41) is 5.90. The third kappa shape index (κ3) is 7.17. The topological polar surface area (TPSA) is 128 Å². The standard InChI is InChI=1S/C33H38N4O8/c1-32(2,3)43-30(40)26(45-37-28(38)24-10-8-9-11-25(24)29(37)39)19-42-22-12-13-23-20(16-22)14-15-35(7)27(23)34-21-17-36(18-21)31(41)44-33(4,5)6/h8-16,21,26H,17-19H2,1-7H3/p+1. The number of pyridine rings is 1. The lowest BCUT2D eigenvalue weighted by Crippen LogP contribution is -2.58. The lowest BCUT2D eigenvalue weighted by Gasteiger charge is -2.37. The fourth-order valence-corrected chi connectivity index (χ4v) is 4.93. The highest BCUT2D eigenvalue weighted by molar-refractivity contribution is 6.20. The first-order valence-electron chi connectivity index (χ1n) is 14.8. The molecular weight excluding hydrogens is 580 g/mol. The third-order valence-electron chi connectivity index (χ3n) is 7.04. The molecule has 3 amide bonds. The van der Waals surface area contributed by atoms with Crippen LogP contribution in [0.4, 0.5) is 10.6 Å². The van der Waals surface area contributed by atoms with Crippen molar-refractivity contribution >= 4 is 40.5 Å². The number of nitrogens with one attached hydrogen (secondary N) is 1. The molecule has 3 aromatic rings. The summed E-state index contributed by atoms with van der Waals surface area (Å²) >= 11 is 0. The van der Waals surface area contributed by atoms with Crippen LogP contribution in [0.25, 0.3) is 10.8 Å². The summed E-state index contributed by atoms with van der Waals surface area (Å²) in [6.45, 7) is 11.4. The molecule has 1 unspecified atom stereocenters. The highest BCUT2D eigenvalue weighted by Crippen LogP contribution is 2.28. The molecule has 2 aliphatic heterocycles. The van der Waals surface area contributed by atoms with Crippen LogP contribution in [0.2, 0.25) is 0 Å². The van der Waals surface area contributed by atoms with E-state index in [0.29, 0.717) is 23.9 Å². The van der Waals surface area contributed by atoms with Crippen molar-refractivity contribution in [2.24, 2.45) is 7.05 Å². The average Bonchev–Trinajstić information content (AvgIpc) is 3.16. The van der Waals surface area contributed by atoms with Crippen LogP contribution in [0.15, 0.2) is 54.7 Å². The molecule has 1 saturated heterocycles. The Morgan fingerprint density at radius 1 is 0.933 bits per heavy atom. The van der Waals surface area contributed by atoms with Crippen molar-refractivity contribution in [3.8, 4) is 5.75 Å². The van der Waals surface area contributed by atoms with Crippen molar-refractivity contribution in [2.75, 3.05) is 25.0 Å². The number of imide groups is 1. The molecule has 0 bridgehead atoms. The van der Waals surface area contributed by atoms with Gasteiger partial charge >= 0.3 is 12.1 Å². The van der Waals surface area contributed by atoms with Crippen LogP contribution >= 0.6 is 0 Å². The molecule has 3 heterocycles. The molecule has 0 radical (unpaired) electrons. The Morgan fingerprint density at radius 2 is 1.56 bits per heavy atom. The summed E-state index contributed by atoms with van der Waals surface area (Å²) in [6.07, 6.45) is 0.175. The number of ether oxygens (including phenoxy) is 3. The number of aromatic nitrogens is 1. The summed E-state index contributed by atoms with van der Waals surface area (Å²) in [5.41, 5.74) is -1.01. The van der Waals surface area contributed by atoms with E-state index in [1.807, 2.05) is 56.8 Å². The summed E-state index contributed by atoms with van der Waals surface area (Å²) in [6, 6.07) is 13.8. The van der Waals surface area contributed by atoms with Crippen molar-refractivity contribution in [2.45, 2.75) is 64.9 Å². The fraction of sp³-hybridized carbons (Fsp3) is 0.424. The highest BCUT2D eigenvalue weighted by atomic mass is 16.7. The summed E-state index contributed by atoms with van der Waals surface area (Å²) in [5.74, 6) is -0.791. The molecule has 12 nitrogen and oxygen atoms in total. The summed E-state index contributed by atoms with van der Waals surface area (Å²) < 4.78 is 18.9. The molecule has 5 rings (SSSR count). The number of carbonyl (C=O) groups excluding carboxylic acids is 4. The number of rotatable bonds is 8. The maximum Gasteiger partial charge on any atom is 0.410 e. The highest BCUT2D eigenvalue weighted by Gasteiger charge is 2.41. The second-order valence-corrected chi connectivity index (χ2v) is 13.1. The largest absolute Gasteiger partial charge is 0.490 e. The van der Waals surface area contributed by atoms with Crippen LogP contribution in [0.5, 0.6) is 5.75 Å². The molecule has 0 aliphatic carbocycles. The monoisotopic (exact) mass is 619 g/mol. The lowest BCUT2D eigenvalue weighted by atomic mass is 10.1. The van der Waals surface area contributed by atoms with Gasteiger partial charge in [0.1, 0.15) is 29.6 Å². The molecule has 1 atom stereocenters. The number of hydroxylamine groups is 2. The van der Waals surface area contributed by atoms with Crippen LogP contribution in [-0.2, 0) is 26.2 Å². The van der Waals surface area contributed by atoms with E-state index in [2.05, 4.69) is 5.32 Å². The normalized spacial score (nSPS) is 15.9. The molecule has 0 saturated carbocycles. The fourth-order valence-electron chi connectivity index (χ4n) is 4.93. The quantitative estimate of drug-likeness (QED) is 0.226. The molecule has 1 N–H and O–H groups in total. The predicted octanol–water partition coefficient (Wildman–Crippen LogP) is 4.01. The number of anilines is 1. The average molecular weight is 620 g/mol. The minimum atomic E-state index is -1.40. The van der Waals surface area contributed by atoms with Gasteiger partial charge in [-0.05, 0) is 83.3 Å². The Bertz CT molecular complexity index is 1620. The number of esters is 1. The second-order valence-electron chi connectivity index (χ2n) is 13.1. The maximum absolute atomic E-state index is 13.1. The van der Waals surface area contributed by atoms with Gasteiger partial charge in [0.15, 0.2) is 0 Å². The van der Waals surface area contributed by atoms with Gasteiger partial charge in [-0.25, -0.2) is 19.0 Å². The van der Waals surface area contributed by atoms with Gasteiger partial charge in [-0.3, -0.25) is 19.8 Å². The third-order valence-corrected chi connectivity index (χ3v) is 7.04. The SMILES string of the molecule is C[n+]1ccc2cc(OCC(ON3C(=O)c4ccccc4C3=O)C(=O)OC(C)(C)C)ccc2c1NC1CN(C(=O)OC(C)(C)C)C1. The first kappa shape index (κ1) is 31.7. The van der Waals surface area contributed by atoms with E-state index in [0.717, 1.165) is 16.6 Å². The van der Waals surface area contributed by atoms with Crippen LogP contribution in [0, 0.1) is 0 Å². The molecular formula is C33H39N4O8+. The Balaban J connectivity index is 1.28. The second kappa shape index (κ2) is 12.0. The zero-order valence-electron chi connectivity index (χ0n) is 26.6. The Kier molecular flexibility index (Phi) is 8.45. The number of hydrogen-bond acceptors (Lipinski definition) is 9. The van der Waals surface area contributed by atoms with Crippen molar-refractivity contribution in [1.82, 2.24) is 9.96 Å². The van der Waals surface area contributed by atoms with E-state index in [4.69, 9.17) is 19.0 Å². The van der Waals surface area contributed by atoms with Gasteiger partial charge in [0.25, 0.3) is 17.6 Å². The zero-order valence-corrected chi connectivity index (χ0v) is 26.6. The van der Waals surface area contributed by atoms with Crippen LogP contribution < -0.4 is 14.6 Å². The minimum absolute atomic E-state index is 0.0547. The number of nitrogens with zero attached hydrogens (tertiary/aromatic N) is 3. The smallest absolute Gasteiger partial charge is 0.410 e. The van der Waals surface area contributed by atoms with Gasteiger partial charge in [0, 0.05) is 0 Å². The molecule has 2 aliphatic rings. The molecule has 238 valence electrons. The van der Waals surface area contributed by atoms with Gasteiger partial charge in [-0.15, -0.1) is 5.06 Å². The predicted molar refractivity (Wildman–Crippen MR) is 163 cm³/mol. The number of fused-ring (bicyclic) bond motifs is 2. The van der Waals surface area contributed by atoms with Crippen LogP contribution in [0.3, 0.4) is 0 Å². The molecule has 45 heavy (non-hydrogen) atoms. The number of hydrogen-bond donors (Lipinski definition) is 1. The number of aryl methyl sites for hydroxylation is 1. The van der Waals surface area contributed by atoms with Gasteiger partial charge in [0.2, 0.25) is 6.10 Å². The van der Waals surface area contributed by atoms with Crippen LogP contribution in [0.1, 0.15) is 62.3 Å². The number of benzene rings is 2. The van der Waals surface area contributed by atoms with E-state index in [1.165, 1.54) is 12.1 Å². The Labute approximate surface area is 261 Å². The van der Waals surface area contributed by atoms with E-state index >= 15 is 0 Å². The van der Waals surface area contributed by atoms with E-state index in [-0.39, 0.29) is 29.9 Å². The van der Waals surface area contributed by atoms with E-state index < -0.39 is 35.1 Å². The van der Waals surface area contributed by atoms with Gasteiger partial charge < -0.3 is 14.2 Å². The number of amides is 3. The first-order valence-corrected chi connectivity index (χ1v) is 14.8. The van der Waals surface area contributed by atoms with Gasteiger partial charge in [0.05, 0.1) is 42.8 Å². The van der Waals surface area contributed by atoms with Crippen molar-refractivity contribution in [1.29, 1.82) is 0 Å². The van der Waals surface area contributed by atoms with Crippen LogP contribution in [-0.4, -0.2) is 76.9 Å². The zero-order chi connectivity index (χ0) is 32.7. The number of carbonyl (C=O) groups is 4. The Morgan fingerprint density at radius 3 is 2.16 bits per heavy atom. The van der Waals surface area contributed by atoms with E-state index in [9.17, 15) is 19.2 Å². The van der Waals surface area contributed by atoms with Crippen molar-refractivity contribution in [3.63, 3.8) is 0 Å². The molecule has 1 fully saturated rings. The number of likely N-dealkylation sites (tertiary alicyclic amines) is 1.